The summed E-state index contributed by atoms with van der Waals surface area (Å²) in [7, 11) is -3.13. The monoisotopic (exact) mass is 588 g/mol. The standard InChI is InChI=1S/C31H29FN4O5S/c1-18(2)40-28-16-25-27(15-24(28)20-5-4-6-22(14-20)41-42(32,38)39)36(21-9-11-35(3)12-10-21)31-29(30(25)37)23-8-7-19(17-33)13-26(23)34-31/h4-8,13-16,18,21,34H,9-12H2,1-3H3. The first-order chi connectivity index (χ1) is 20.0. The second-order valence-electron chi connectivity index (χ2n) is 11.0. The summed E-state index contributed by atoms with van der Waals surface area (Å²) in [6.45, 7) is 5.51. The van der Waals surface area contributed by atoms with Crippen LogP contribution in [-0.4, -0.2) is 49.1 Å². The van der Waals surface area contributed by atoms with Gasteiger partial charge in [-0.25, -0.2) is 0 Å². The number of H-pyrrole nitrogens is 1. The van der Waals surface area contributed by atoms with Crippen molar-refractivity contribution in [2.24, 2.45) is 0 Å². The van der Waals surface area contributed by atoms with E-state index >= 15 is 0 Å². The first-order valence-electron chi connectivity index (χ1n) is 13.7. The number of halogens is 1. The molecule has 0 atom stereocenters. The number of nitriles is 1. The van der Waals surface area contributed by atoms with Crippen molar-refractivity contribution in [3.63, 3.8) is 0 Å². The summed E-state index contributed by atoms with van der Waals surface area (Å²) >= 11 is 0. The van der Waals surface area contributed by atoms with Gasteiger partial charge in [-0.15, -0.1) is 0 Å². The molecule has 6 rings (SSSR count). The van der Waals surface area contributed by atoms with E-state index in [0.717, 1.165) is 31.3 Å². The predicted molar refractivity (Wildman–Crippen MR) is 160 cm³/mol. The highest BCUT2D eigenvalue weighted by Gasteiger charge is 2.26. The lowest BCUT2D eigenvalue weighted by Gasteiger charge is -2.32. The Bertz CT molecular complexity index is 2070. The summed E-state index contributed by atoms with van der Waals surface area (Å²) in [5.74, 6) is 0.244. The fourth-order valence-corrected chi connectivity index (χ4v) is 6.24. The van der Waals surface area contributed by atoms with E-state index < -0.39 is 10.5 Å². The maximum atomic E-state index is 14.2. The highest BCUT2D eigenvalue weighted by atomic mass is 32.3. The molecule has 3 aromatic carbocycles. The third-order valence-corrected chi connectivity index (χ3v) is 8.13. The Morgan fingerprint density at radius 1 is 1.07 bits per heavy atom. The number of nitrogens with zero attached hydrogens (tertiary/aromatic N) is 3. The molecule has 3 heterocycles. The van der Waals surface area contributed by atoms with E-state index in [0.29, 0.717) is 49.9 Å². The number of ether oxygens (including phenoxy) is 1. The summed E-state index contributed by atoms with van der Waals surface area (Å²) < 4.78 is 48.6. The van der Waals surface area contributed by atoms with Crippen LogP contribution in [0.4, 0.5) is 3.89 Å². The molecule has 42 heavy (non-hydrogen) atoms. The highest BCUT2D eigenvalue weighted by molar-refractivity contribution is 7.81. The van der Waals surface area contributed by atoms with Crippen molar-refractivity contribution in [1.29, 1.82) is 5.26 Å². The first kappa shape index (κ1) is 27.8. The van der Waals surface area contributed by atoms with Gasteiger partial charge in [0.05, 0.1) is 34.0 Å². The van der Waals surface area contributed by atoms with E-state index in [1.165, 1.54) is 12.1 Å². The molecule has 0 amide bonds. The minimum atomic E-state index is -5.22. The molecule has 1 aliphatic rings. The highest BCUT2D eigenvalue weighted by Crippen LogP contribution is 2.39. The van der Waals surface area contributed by atoms with Gasteiger partial charge in [0.1, 0.15) is 17.1 Å². The number of hydrogen-bond acceptors (Lipinski definition) is 7. The maximum Gasteiger partial charge on any atom is 0.488 e. The molecule has 0 radical (unpaired) electrons. The van der Waals surface area contributed by atoms with Gasteiger partial charge in [0.25, 0.3) is 0 Å². The molecule has 0 aliphatic carbocycles. The molecule has 0 spiro atoms. The number of rotatable bonds is 6. The molecule has 1 N–H and O–H groups in total. The normalized spacial score (nSPS) is 15.0. The molecular weight excluding hydrogens is 559 g/mol. The van der Waals surface area contributed by atoms with Gasteiger partial charge < -0.3 is 23.4 Å². The van der Waals surface area contributed by atoms with Gasteiger partial charge in [-0.05, 0) is 88.8 Å². The predicted octanol–water partition coefficient (Wildman–Crippen LogP) is 5.82. The second-order valence-corrected chi connectivity index (χ2v) is 11.9. The zero-order valence-corrected chi connectivity index (χ0v) is 24.2. The van der Waals surface area contributed by atoms with Gasteiger partial charge in [0.15, 0.2) is 5.43 Å². The summed E-state index contributed by atoms with van der Waals surface area (Å²) in [6, 6.07) is 17.2. The van der Waals surface area contributed by atoms with Gasteiger partial charge in [-0.3, -0.25) is 4.79 Å². The van der Waals surface area contributed by atoms with Crippen molar-refractivity contribution in [3.8, 4) is 28.7 Å². The third-order valence-electron chi connectivity index (χ3n) is 7.73. The maximum absolute atomic E-state index is 14.2. The van der Waals surface area contributed by atoms with Gasteiger partial charge in [0, 0.05) is 22.5 Å². The quantitative estimate of drug-likeness (QED) is 0.248. The lowest BCUT2D eigenvalue weighted by Crippen LogP contribution is -2.32. The SMILES string of the molecule is CC(C)Oc1cc2c(=O)c3c4ccc(C#N)cc4[nH]c3n(C3CCN(C)CC3)c2cc1-c1cccc(OS(=O)(=O)F)c1. The molecule has 11 heteroatoms. The number of benzene rings is 3. The van der Waals surface area contributed by atoms with Crippen LogP contribution >= 0.6 is 0 Å². The fraction of sp³-hybridized carbons (Fsp3) is 0.290. The minimum Gasteiger partial charge on any atom is -0.490 e. The average molecular weight is 589 g/mol. The van der Waals surface area contributed by atoms with Gasteiger partial charge in [-0.1, -0.05) is 22.1 Å². The summed E-state index contributed by atoms with van der Waals surface area (Å²) in [6.07, 6.45) is 1.49. The Kier molecular flexibility index (Phi) is 6.91. The Labute approximate surface area is 242 Å². The molecule has 1 saturated heterocycles. The van der Waals surface area contributed by atoms with E-state index in [9.17, 15) is 22.4 Å². The summed E-state index contributed by atoms with van der Waals surface area (Å²) in [5, 5.41) is 11.2. The number of fused-ring (bicyclic) bond motifs is 4. The average Bonchev–Trinajstić information content (AvgIpc) is 3.31. The van der Waals surface area contributed by atoms with Gasteiger partial charge in [-0.2, -0.15) is 13.7 Å². The second kappa shape index (κ2) is 10.5. The number of aromatic nitrogens is 2. The van der Waals surface area contributed by atoms with Crippen LogP contribution in [0.1, 0.15) is 38.3 Å². The van der Waals surface area contributed by atoms with Crippen LogP contribution in [0.15, 0.2) is 59.4 Å². The van der Waals surface area contributed by atoms with E-state index in [-0.39, 0.29) is 23.3 Å². The van der Waals surface area contributed by atoms with Crippen molar-refractivity contribution in [1.82, 2.24) is 14.5 Å². The van der Waals surface area contributed by atoms with Crippen LogP contribution in [0, 0.1) is 11.3 Å². The number of hydrogen-bond donors (Lipinski definition) is 1. The first-order valence-corrected chi connectivity index (χ1v) is 15.0. The number of pyridine rings is 1. The van der Waals surface area contributed by atoms with Gasteiger partial charge >= 0.3 is 10.5 Å². The van der Waals surface area contributed by atoms with E-state index in [2.05, 4.69) is 31.8 Å². The van der Waals surface area contributed by atoms with Crippen LogP contribution in [0.2, 0.25) is 0 Å². The Hall–Kier alpha value is -4.40. The van der Waals surface area contributed by atoms with Crippen LogP contribution in [0.25, 0.3) is 44.0 Å². The van der Waals surface area contributed by atoms with Crippen LogP contribution < -0.4 is 14.3 Å². The Morgan fingerprint density at radius 2 is 1.83 bits per heavy atom. The lowest BCUT2D eigenvalue weighted by molar-refractivity contribution is 0.226. The zero-order chi connectivity index (χ0) is 29.8. The number of piperidine rings is 1. The van der Waals surface area contributed by atoms with Crippen molar-refractivity contribution in [2.75, 3.05) is 20.1 Å². The van der Waals surface area contributed by atoms with E-state index in [1.54, 1.807) is 30.3 Å². The molecule has 9 nitrogen and oxygen atoms in total. The van der Waals surface area contributed by atoms with Crippen LogP contribution in [0.5, 0.6) is 11.5 Å². The topological polar surface area (TPSA) is 117 Å². The van der Waals surface area contributed by atoms with Crippen LogP contribution in [0.3, 0.4) is 0 Å². The largest absolute Gasteiger partial charge is 0.490 e. The van der Waals surface area contributed by atoms with E-state index in [4.69, 9.17) is 4.74 Å². The number of aromatic amines is 1. The van der Waals surface area contributed by atoms with E-state index in [1.807, 2.05) is 26.0 Å². The number of likely N-dealkylation sites (tertiary alicyclic amines) is 1. The fourth-order valence-electron chi connectivity index (χ4n) is 5.91. The minimum absolute atomic E-state index is 0.0753. The Balaban J connectivity index is 1.70. The molecule has 0 bridgehead atoms. The molecular formula is C31H29FN4O5S. The Morgan fingerprint density at radius 3 is 2.52 bits per heavy atom. The zero-order valence-electron chi connectivity index (χ0n) is 23.3. The molecule has 216 valence electrons. The smallest absolute Gasteiger partial charge is 0.488 e. The van der Waals surface area contributed by atoms with Crippen LogP contribution in [-0.2, 0) is 10.5 Å². The summed E-state index contributed by atoms with van der Waals surface area (Å²) in [5.41, 5.74) is 3.52. The van der Waals surface area contributed by atoms with Crippen molar-refractivity contribution < 1.29 is 21.2 Å². The van der Waals surface area contributed by atoms with Gasteiger partial charge in [0.2, 0.25) is 0 Å². The molecule has 1 fully saturated rings. The van der Waals surface area contributed by atoms with Crippen molar-refractivity contribution >= 4 is 43.3 Å². The summed E-state index contributed by atoms with van der Waals surface area (Å²) in [4.78, 5) is 19.9. The molecule has 0 unspecified atom stereocenters. The molecule has 0 saturated carbocycles. The number of nitrogens with one attached hydrogen (secondary N) is 1. The third kappa shape index (κ3) is 5.08. The molecule has 2 aromatic heterocycles. The van der Waals surface area contributed by atoms with Crippen molar-refractivity contribution in [2.45, 2.75) is 38.8 Å². The lowest BCUT2D eigenvalue weighted by atomic mass is 9.98. The molecule has 5 aromatic rings. The van der Waals surface area contributed by atoms with Crippen molar-refractivity contribution in [3.05, 3.63) is 70.4 Å². The molecule has 1 aliphatic heterocycles.